The van der Waals surface area contributed by atoms with Crippen LogP contribution in [0.15, 0.2) is 60.2 Å². The Morgan fingerprint density at radius 3 is 2.42 bits per heavy atom. The minimum Gasteiger partial charge on any atom is -0.478 e. The number of rotatable bonds is 4. The SMILES string of the molecule is C=CC1=CC(c2ccccc2C(=O)O)C(C(=O)O)=C1. The van der Waals surface area contributed by atoms with Crippen molar-refractivity contribution in [3.63, 3.8) is 0 Å². The van der Waals surface area contributed by atoms with Crippen molar-refractivity contribution in [3.8, 4) is 0 Å². The molecule has 1 atom stereocenters. The molecule has 0 saturated carbocycles. The molecule has 0 fully saturated rings. The molecule has 1 aliphatic rings. The van der Waals surface area contributed by atoms with Crippen molar-refractivity contribution in [1.82, 2.24) is 0 Å². The molecule has 1 aliphatic carbocycles. The Morgan fingerprint density at radius 1 is 1.16 bits per heavy atom. The van der Waals surface area contributed by atoms with Gasteiger partial charge in [-0.1, -0.05) is 36.9 Å². The van der Waals surface area contributed by atoms with Crippen LogP contribution in [0.2, 0.25) is 0 Å². The van der Waals surface area contributed by atoms with E-state index >= 15 is 0 Å². The lowest BCUT2D eigenvalue weighted by Gasteiger charge is -2.13. The third-order valence-electron chi connectivity index (χ3n) is 3.03. The zero-order valence-electron chi connectivity index (χ0n) is 10.0. The molecular formula is C15H12O4. The molecule has 96 valence electrons. The van der Waals surface area contributed by atoms with Gasteiger partial charge in [0.25, 0.3) is 0 Å². The maximum absolute atomic E-state index is 11.2. The highest BCUT2D eigenvalue weighted by atomic mass is 16.4. The summed E-state index contributed by atoms with van der Waals surface area (Å²) in [7, 11) is 0. The highest BCUT2D eigenvalue weighted by molar-refractivity contribution is 5.94. The number of carboxylic acids is 2. The van der Waals surface area contributed by atoms with Gasteiger partial charge in [-0.2, -0.15) is 0 Å². The second-order valence-electron chi connectivity index (χ2n) is 4.15. The van der Waals surface area contributed by atoms with Crippen LogP contribution in [0.3, 0.4) is 0 Å². The first-order chi connectivity index (χ1) is 9.04. The van der Waals surface area contributed by atoms with Crippen molar-refractivity contribution in [2.75, 3.05) is 0 Å². The Kier molecular flexibility index (Phi) is 3.33. The first-order valence-corrected chi connectivity index (χ1v) is 5.66. The summed E-state index contributed by atoms with van der Waals surface area (Å²) in [4.78, 5) is 22.4. The van der Waals surface area contributed by atoms with E-state index in [-0.39, 0.29) is 11.1 Å². The second-order valence-corrected chi connectivity index (χ2v) is 4.15. The largest absolute Gasteiger partial charge is 0.478 e. The van der Waals surface area contributed by atoms with E-state index < -0.39 is 17.9 Å². The summed E-state index contributed by atoms with van der Waals surface area (Å²) in [6.45, 7) is 3.60. The number of allylic oxidation sites excluding steroid dienone is 4. The van der Waals surface area contributed by atoms with E-state index in [0.717, 1.165) is 0 Å². The van der Waals surface area contributed by atoms with Crippen molar-refractivity contribution in [3.05, 3.63) is 71.3 Å². The third-order valence-corrected chi connectivity index (χ3v) is 3.03. The molecule has 19 heavy (non-hydrogen) atoms. The van der Waals surface area contributed by atoms with Gasteiger partial charge in [0.15, 0.2) is 0 Å². The molecule has 1 aromatic carbocycles. The number of hydrogen-bond acceptors (Lipinski definition) is 2. The van der Waals surface area contributed by atoms with Gasteiger partial charge in [-0.3, -0.25) is 0 Å². The Balaban J connectivity index is 2.55. The van der Waals surface area contributed by atoms with Crippen LogP contribution in [-0.2, 0) is 4.79 Å². The van der Waals surface area contributed by atoms with E-state index in [9.17, 15) is 14.7 Å². The van der Waals surface area contributed by atoms with E-state index in [1.165, 1.54) is 12.1 Å². The Bertz CT molecular complexity index is 623. The summed E-state index contributed by atoms with van der Waals surface area (Å²) in [5.41, 5.74) is 1.42. The van der Waals surface area contributed by atoms with E-state index in [4.69, 9.17) is 5.11 Å². The summed E-state index contributed by atoms with van der Waals surface area (Å²) in [5, 5.41) is 18.4. The van der Waals surface area contributed by atoms with Crippen LogP contribution in [0, 0.1) is 0 Å². The predicted octanol–water partition coefficient (Wildman–Crippen LogP) is 2.61. The number of carboxylic acid groups (broad SMARTS) is 2. The fraction of sp³-hybridized carbons (Fsp3) is 0.0667. The van der Waals surface area contributed by atoms with Gasteiger partial charge in [-0.15, -0.1) is 0 Å². The van der Waals surface area contributed by atoms with Crippen LogP contribution in [0.4, 0.5) is 0 Å². The molecule has 0 aromatic heterocycles. The van der Waals surface area contributed by atoms with Gasteiger partial charge < -0.3 is 10.2 Å². The van der Waals surface area contributed by atoms with E-state index in [0.29, 0.717) is 11.1 Å². The van der Waals surface area contributed by atoms with Crippen molar-refractivity contribution in [2.24, 2.45) is 0 Å². The standard InChI is InChI=1S/C15H12O4/c1-2-9-7-12(13(8-9)15(18)19)10-5-3-4-6-11(10)14(16)17/h2-8,12H,1H2,(H,16,17)(H,18,19). The molecule has 4 nitrogen and oxygen atoms in total. The molecular weight excluding hydrogens is 244 g/mol. The van der Waals surface area contributed by atoms with Crippen LogP contribution in [-0.4, -0.2) is 22.2 Å². The van der Waals surface area contributed by atoms with Gasteiger partial charge in [0.05, 0.1) is 5.56 Å². The molecule has 0 spiro atoms. The Hall–Kier alpha value is -2.62. The zero-order valence-corrected chi connectivity index (χ0v) is 10.0. The highest BCUT2D eigenvalue weighted by Gasteiger charge is 2.28. The van der Waals surface area contributed by atoms with E-state index in [2.05, 4.69) is 6.58 Å². The van der Waals surface area contributed by atoms with Gasteiger partial charge in [0.2, 0.25) is 0 Å². The molecule has 2 N–H and O–H groups in total. The van der Waals surface area contributed by atoms with E-state index in [1.807, 2.05) is 0 Å². The Labute approximate surface area is 110 Å². The molecule has 4 heteroatoms. The van der Waals surface area contributed by atoms with Crippen LogP contribution >= 0.6 is 0 Å². The lowest BCUT2D eigenvalue weighted by Crippen LogP contribution is -2.11. The molecule has 0 amide bonds. The highest BCUT2D eigenvalue weighted by Crippen LogP contribution is 2.35. The lowest BCUT2D eigenvalue weighted by molar-refractivity contribution is -0.132. The summed E-state index contributed by atoms with van der Waals surface area (Å²) < 4.78 is 0. The lowest BCUT2D eigenvalue weighted by atomic mass is 9.90. The number of aliphatic carboxylic acids is 1. The molecule has 0 radical (unpaired) electrons. The average molecular weight is 256 g/mol. The van der Waals surface area contributed by atoms with Gasteiger partial charge in [-0.05, 0) is 23.3 Å². The van der Waals surface area contributed by atoms with Crippen molar-refractivity contribution < 1.29 is 19.8 Å². The maximum atomic E-state index is 11.2. The number of hydrogen-bond donors (Lipinski definition) is 2. The predicted molar refractivity (Wildman–Crippen MR) is 70.1 cm³/mol. The van der Waals surface area contributed by atoms with Gasteiger partial charge in [0, 0.05) is 11.5 Å². The molecule has 0 saturated heterocycles. The maximum Gasteiger partial charge on any atom is 0.335 e. The quantitative estimate of drug-likeness (QED) is 0.868. The molecule has 1 unspecified atom stereocenters. The van der Waals surface area contributed by atoms with E-state index in [1.54, 1.807) is 30.4 Å². The number of aromatic carboxylic acids is 1. The molecule has 0 heterocycles. The van der Waals surface area contributed by atoms with Crippen LogP contribution in [0.25, 0.3) is 0 Å². The third kappa shape index (κ3) is 2.33. The minimum absolute atomic E-state index is 0.112. The minimum atomic E-state index is -1.07. The number of carbonyl (C=O) groups is 2. The summed E-state index contributed by atoms with van der Waals surface area (Å²) in [6.07, 6.45) is 4.77. The first kappa shape index (κ1) is 12.8. The van der Waals surface area contributed by atoms with Crippen molar-refractivity contribution in [1.29, 1.82) is 0 Å². The normalized spacial score (nSPS) is 17.6. The molecule has 1 aromatic rings. The topological polar surface area (TPSA) is 74.6 Å². The Morgan fingerprint density at radius 2 is 1.84 bits per heavy atom. The number of benzene rings is 1. The molecule has 0 aliphatic heterocycles. The molecule has 0 bridgehead atoms. The summed E-state index contributed by atoms with van der Waals surface area (Å²) in [6, 6.07) is 6.41. The first-order valence-electron chi connectivity index (χ1n) is 5.66. The average Bonchev–Trinajstić information content (AvgIpc) is 2.83. The fourth-order valence-electron chi connectivity index (χ4n) is 2.14. The smallest absolute Gasteiger partial charge is 0.335 e. The van der Waals surface area contributed by atoms with Crippen molar-refractivity contribution in [2.45, 2.75) is 5.92 Å². The summed E-state index contributed by atoms with van der Waals surface area (Å²) >= 11 is 0. The zero-order chi connectivity index (χ0) is 14.0. The second kappa shape index (κ2) is 4.94. The monoisotopic (exact) mass is 256 g/mol. The molecule has 2 rings (SSSR count). The van der Waals surface area contributed by atoms with Crippen LogP contribution in [0.1, 0.15) is 21.8 Å². The van der Waals surface area contributed by atoms with Gasteiger partial charge in [-0.25, -0.2) is 9.59 Å². The van der Waals surface area contributed by atoms with Crippen LogP contribution in [0.5, 0.6) is 0 Å². The summed E-state index contributed by atoms with van der Waals surface area (Å²) in [5.74, 6) is -2.68. The van der Waals surface area contributed by atoms with Crippen molar-refractivity contribution >= 4 is 11.9 Å². The van der Waals surface area contributed by atoms with Gasteiger partial charge >= 0.3 is 11.9 Å². The van der Waals surface area contributed by atoms with Gasteiger partial charge in [0.1, 0.15) is 0 Å². The van der Waals surface area contributed by atoms with Crippen LogP contribution < -0.4 is 0 Å². The fourth-order valence-corrected chi connectivity index (χ4v) is 2.14.